The summed E-state index contributed by atoms with van der Waals surface area (Å²) in [7, 11) is 4.19. The Morgan fingerprint density at radius 3 is 2.15 bits per heavy atom. The van der Waals surface area contributed by atoms with Gasteiger partial charge in [0.25, 0.3) is 0 Å². The van der Waals surface area contributed by atoms with E-state index < -0.39 is 11.9 Å². The minimum Gasteiger partial charge on any atom is -0.496 e. The number of methoxy groups -OCH3 is 3. The van der Waals surface area contributed by atoms with Crippen molar-refractivity contribution in [3.05, 3.63) is 88.7 Å². The molecule has 0 aliphatic carbocycles. The van der Waals surface area contributed by atoms with Gasteiger partial charge in [-0.15, -0.1) is 0 Å². The molecular formula is C26H20O8. The lowest BCUT2D eigenvalue weighted by atomic mass is 10.1. The third-order valence-corrected chi connectivity index (χ3v) is 5.11. The first-order valence-electron chi connectivity index (χ1n) is 10.1. The van der Waals surface area contributed by atoms with E-state index in [-0.39, 0.29) is 28.6 Å². The van der Waals surface area contributed by atoms with E-state index in [1.165, 1.54) is 39.5 Å². The molecule has 0 bridgehead atoms. The number of hydrogen-bond donors (Lipinski definition) is 0. The van der Waals surface area contributed by atoms with Crippen LogP contribution in [0.15, 0.2) is 66.4 Å². The van der Waals surface area contributed by atoms with Gasteiger partial charge in [0.2, 0.25) is 5.78 Å². The summed E-state index contributed by atoms with van der Waals surface area (Å²) in [4.78, 5) is 37.1. The Hall–Kier alpha value is -4.59. The number of ether oxygens (including phenoxy) is 5. The van der Waals surface area contributed by atoms with Crippen LogP contribution >= 0.6 is 0 Å². The molecule has 1 aliphatic heterocycles. The molecular weight excluding hydrogens is 440 g/mol. The lowest BCUT2D eigenvalue weighted by Gasteiger charge is -2.12. The van der Waals surface area contributed by atoms with Crippen LogP contribution in [0.25, 0.3) is 6.08 Å². The van der Waals surface area contributed by atoms with E-state index in [1.54, 1.807) is 48.5 Å². The second-order valence-electron chi connectivity index (χ2n) is 7.14. The summed E-state index contributed by atoms with van der Waals surface area (Å²) in [6.07, 6.45) is 1.56. The van der Waals surface area contributed by atoms with Gasteiger partial charge in [0, 0.05) is 6.07 Å². The van der Waals surface area contributed by atoms with Crippen molar-refractivity contribution in [3.63, 3.8) is 0 Å². The normalized spacial score (nSPS) is 13.1. The van der Waals surface area contributed by atoms with Gasteiger partial charge in [0.05, 0.1) is 32.5 Å². The zero-order chi connectivity index (χ0) is 24.2. The molecule has 0 saturated carbocycles. The number of esters is 2. The molecule has 0 saturated heterocycles. The van der Waals surface area contributed by atoms with Gasteiger partial charge in [-0.3, -0.25) is 4.79 Å². The standard InChI is InChI=1S/C26H20O8/c1-30-19-5-4-6-20(31-2)23(19)26(29)33-17-11-12-18-21(14-17)34-22(24(18)27)13-15-7-9-16(10-8-15)25(28)32-3/h4-14H,1-3H3. The van der Waals surface area contributed by atoms with E-state index in [2.05, 4.69) is 4.74 Å². The lowest BCUT2D eigenvalue weighted by molar-refractivity contribution is 0.0600. The maximum atomic E-state index is 12.8. The van der Waals surface area contributed by atoms with Gasteiger partial charge >= 0.3 is 11.9 Å². The lowest BCUT2D eigenvalue weighted by Crippen LogP contribution is -2.12. The highest BCUT2D eigenvalue weighted by molar-refractivity contribution is 6.14. The Kier molecular flexibility index (Phi) is 6.31. The molecule has 8 nitrogen and oxygen atoms in total. The molecule has 3 aromatic rings. The van der Waals surface area contributed by atoms with Gasteiger partial charge in [0.15, 0.2) is 5.76 Å². The molecule has 0 spiro atoms. The molecule has 1 aliphatic rings. The van der Waals surface area contributed by atoms with Crippen LogP contribution in [0.2, 0.25) is 0 Å². The van der Waals surface area contributed by atoms with Crippen LogP contribution in [-0.4, -0.2) is 39.1 Å². The zero-order valence-electron chi connectivity index (χ0n) is 18.6. The maximum absolute atomic E-state index is 12.8. The van der Waals surface area contributed by atoms with Crippen molar-refractivity contribution >= 4 is 23.8 Å². The van der Waals surface area contributed by atoms with Gasteiger partial charge < -0.3 is 23.7 Å². The fraction of sp³-hybridized carbons (Fsp3) is 0.115. The van der Waals surface area contributed by atoms with Crippen molar-refractivity contribution in [2.75, 3.05) is 21.3 Å². The minimum absolute atomic E-state index is 0.107. The van der Waals surface area contributed by atoms with E-state index in [0.29, 0.717) is 28.2 Å². The number of fused-ring (bicyclic) bond motifs is 1. The van der Waals surface area contributed by atoms with Gasteiger partial charge in [-0.2, -0.15) is 0 Å². The average Bonchev–Trinajstić information content (AvgIpc) is 3.17. The first-order chi connectivity index (χ1) is 16.4. The third kappa shape index (κ3) is 4.33. The van der Waals surface area contributed by atoms with Crippen LogP contribution in [0.5, 0.6) is 23.0 Å². The number of carbonyl (C=O) groups excluding carboxylic acids is 3. The smallest absolute Gasteiger partial charge is 0.351 e. The number of carbonyl (C=O) groups is 3. The van der Waals surface area contributed by atoms with E-state index in [0.717, 1.165) is 0 Å². The Bertz CT molecular complexity index is 1280. The maximum Gasteiger partial charge on any atom is 0.351 e. The summed E-state index contributed by atoms with van der Waals surface area (Å²) in [5.41, 5.74) is 1.54. The second kappa shape index (κ2) is 9.50. The van der Waals surface area contributed by atoms with Crippen molar-refractivity contribution in [1.82, 2.24) is 0 Å². The van der Waals surface area contributed by atoms with E-state index in [9.17, 15) is 14.4 Å². The highest BCUT2D eigenvalue weighted by Gasteiger charge is 2.28. The van der Waals surface area contributed by atoms with Gasteiger partial charge in [-0.1, -0.05) is 18.2 Å². The van der Waals surface area contributed by atoms with Crippen molar-refractivity contribution < 1.29 is 38.1 Å². The van der Waals surface area contributed by atoms with Crippen molar-refractivity contribution in [1.29, 1.82) is 0 Å². The molecule has 0 unspecified atom stereocenters. The van der Waals surface area contributed by atoms with Gasteiger partial charge in [0.1, 0.15) is 28.6 Å². The van der Waals surface area contributed by atoms with Gasteiger partial charge in [-0.05, 0) is 48.0 Å². The Labute approximate surface area is 195 Å². The molecule has 0 amide bonds. The molecule has 0 fully saturated rings. The summed E-state index contributed by atoms with van der Waals surface area (Å²) in [6, 6.07) is 16.0. The minimum atomic E-state index is -0.681. The summed E-state index contributed by atoms with van der Waals surface area (Å²) in [5, 5.41) is 0. The van der Waals surface area contributed by atoms with Crippen LogP contribution in [0.3, 0.4) is 0 Å². The molecule has 3 aromatic carbocycles. The highest BCUT2D eigenvalue weighted by Crippen LogP contribution is 2.36. The van der Waals surface area contributed by atoms with E-state index >= 15 is 0 Å². The number of benzene rings is 3. The quantitative estimate of drug-likeness (QED) is 0.305. The number of rotatable bonds is 6. The van der Waals surface area contributed by atoms with Crippen LogP contribution in [-0.2, 0) is 4.74 Å². The van der Waals surface area contributed by atoms with Crippen molar-refractivity contribution in [3.8, 4) is 23.0 Å². The molecule has 0 aromatic heterocycles. The Morgan fingerprint density at radius 2 is 1.53 bits per heavy atom. The van der Waals surface area contributed by atoms with Gasteiger partial charge in [-0.25, -0.2) is 9.59 Å². The fourth-order valence-electron chi connectivity index (χ4n) is 3.43. The molecule has 1 heterocycles. The third-order valence-electron chi connectivity index (χ3n) is 5.11. The molecule has 4 rings (SSSR count). The number of Topliss-reactive ketones (excluding diaryl/α,β-unsaturated/α-hetero) is 1. The predicted octanol–water partition coefficient (Wildman–Crippen LogP) is 4.33. The molecule has 0 radical (unpaired) electrons. The molecule has 172 valence electrons. The first kappa shape index (κ1) is 22.6. The van der Waals surface area contributed by atoms with Crippen LogP contribution in [0.1, 0.15) is 36.6 Å². The highest BCUT2D eigenvalue weighted by atomic mass is 16.5. The topological polar surface area (TPSA) is 97.4 Å². The summed E-state index contributed by atoms with van der Waals surface area (Å²) in [5.74, 6) is -0.270. The fourth-order valence-corrected chi connectivity index (χ4v) is 3.43. The SMILES string of the molecule is COC(=O)c1ccc(C=C2Oc3cc(OC(=O)c4c(OC)cccc4OC)ccc3C2=O)cc1. The molecule has 8 heteroatoms. The van der Waals surface area contributed by atoms with Crippen molar-refractivity contribution in [2.24, 2.45) is 0 Å². The van der Waals surface area contributed by atoms with E-state index in [1.807, 2.05) is 0 Å². The number of hydrogen-bond acceptors (Lipinski definition) is 8. The zero-order valence-corrected chi connectivity index (χ0v) is 18.6. The average molecular weight is 460 g/mol. The van der Waals surface area contributed by atoms with E-state index in [4.69, 9.17) is 18.9 Å². The molecule has 34 heavy (non-hydrogen) atoms. The van der Waals surface area contributed by atoms with Crippen LogP contribution in [0, 0.1) is 0 Å². The second-order valence-corrected chi connectivity index (χ2v) is 7.14. The van der Waals surface area contributed by atoms with Crippen molar-refractivity contribution in [2.45, 2.75) is 0 Å². The summed E-state index contributed by atoms with van der Waals surface area (Å²) in [6.45, 7) is 0. The first-order valence-corrected chi connectivity index (χ1v) is 10.1. The van der Waals surface area contributed by atoms with Crippen LogP contribution < -0.4 is 18.9 Å². The van der Waals surface area contributed by atoms with Crippen LogP contribution in [0.4, 0.5) is 0 Å². The summed E-state index contributed by atoms with van der Waals surface area (Å²) < 4.78 is 26.4. The number of allylic oxidation sites excluding steroid dienone is 1. The summed E-state index contributed by atoms with van der Waals surface area (Å²) >= 11 is 0. The monoisotopic (exact) mass is 460 g/mol. The molecule has 0 N–H and O–H groups in total. The predicted molar refractivity (Wildman–Crippen MR) is 122 cm³/mol. The number of ketones is 1. The Morgan fingerprint density at radius 1 is 0.853 bits per heavy atom. The molecule has 0 atom stereocenters. The largest absolute Gasteiger partial charge is 0.496 e. The Balaban J connectivity index is 1.55.